The summed E-state index contributed by atoms with van der Waals surface area (Å²) < 4.78 is 0. The number of anilines is 1. The van der Waals surface area contributed by atoms with Crippen LogP contribution < -0.4 is 10.2 Å². The Bertz CT molecular complexity index is 407. The normalized spacial score (nSPS) is 19.9. The largest absolute Gasteiger partial charge is 0.351 e. The van der Waals surface area contributed by atoms with Crippen molar-refractivity contribution in [3.63, 3.8) is 0 Å². The minimum atomic E-state index is 0.760. The van der Waals surface area contributed by atoms with Gasteiger partial charge >= 0.3 is 0 Å². The topological polar surface area (TPSA) is 28.2 Å². The summed E-state index contributed by atoms with van der Waals surface area (Å²) in [7, 11) is 4.23. The van der Waals surface area contributed by atoms with Gasteiger partial charge in [0.15, 0.2) is 5.13 Å². The molecule has 2 aliphatic carbocycles. The van der Waals surface area contributed by atoms with Crippen LogP contribution in [-0.4, -0.2) is 25.6 Å². The van der Waals surface area contributed by atoms with E-state index < -0.39 is 0 Å². The first-order valence-corrected chi connectivity index (χ1v) is 7.95. The second-order valence-corrected chi connectivity index (χ2v) is 6.85. The van der Waals surface area contributed by atoms with Gasteiger partial charge < -0.3 is 10.2 Å². The highest BCUT2D eigenvalue weighted by atomic mass is 32.1. The third-order valence-electron chi connectivity index (χ3n) is 4.10. The first-order valence-electron chi connectivity index (χ1n) is 7.13. The van der Waals surface area contributed by atoms with Crippen molar-refractivity contribution < 1.29 is 0 Å². The molecule has 0 unspecified atom stereocenters. The molecule has 2 saturated carbocycles. The van der Waals surface area contributed by atoms with E-state index in [0.717, 1.165) is 18.4 Å². The van der Waals surface area contributed by atoms with Crippen LogP contribution in [0.3, 0.4) is 0 Å². The third kappa shape index (κ3) is 2.54. The van der Waals surface area contributed by atoms with Gasteiger partial charge in [-0.25, -0.2) is 4.98 Å². The Hall–Kier alpha value is -0.610. The van der Waals surface area contributed by atoms with Crippen LogP contribution in [0.5, 0.6) is 0 Å². The van der Waals surface area contributed by atoms with E-state index in [2.05, 4.69) is 17.3 Å². The molecule has 2 fully saturated rings. The highest BCUT2D eigenvalue weighted by molar-refractivity contribution is 7.15. The van der Waals surface area contributed by atoms with E-state index in [1.165, 1.54) is 54.4 Å². The Balaban J connectivity index is 1.71. The van der Waals surface area contributed by atoms with Gasteiger partial charge in [-0.3, -0.25) is 0 Å². The van der Waals surface area contributed by atoms with Crippen molar-refractivity contribution in [3.8, 4) is 0 Å². The van der Waals surface area contributed by atoms with Gasteiger partial charge in [0.1, 0.15) is 0 Å². The number of aromatic nitrogens is 1. The number of thiazole rings is 1. The monoisotopic (exact) mass is 265 g/mol. The zero-order valence-electron chi connectivity index (χ0n) is 11.4. The fourth-order valence-electron chi connectivity index (χ4n) is 2.62. The maximum atomic E-state index is 4.91. The molecule has 0 radical (unpaired) electrons. The average molecular weight is 265 g/mol. The van der Waals surface area contributed by atoms with Crippen molar-refractivity contribution in [2.45, 2.75) is 44.6 Å². The van der Waals surface area contributed by atoms with Gasteiger partial charge in [-0.2, -0.15) is 0 Å². The molecular weight excluding hydrogens is 242 g/mol. The summed E-state index contributed by atoms with van der Waals surface area (Å²) in [5.74, 6) is 1.67. The molecule has 1 aromatic heterocycles. The van der Waals surface area contributed by atoms with Gasteiger partial charge in [-0.05, 0) is 38.6 Å². The molecule has 0 amide bonds. The van der Waals surface area contributed by atoms with E-state index >= 15 is 0 Å². The Kier molecular flexibility index (Phi) is 3.57. The predicted molar refractivity (Wildman–Crippen MR) is 77.5 cm³/mol. The van der Waals surface area contributed by atoms with Crippen LogP contribution in [0, 0.1) is 5.92 Å². The van der Waals surface area contributed by atoms with E-state index in [9.17, 15) is 0 Å². The van der Waals surface area contributed by atoms with Crippen LogP contribution >= 0.6 is 11.3 Å². The quantitative estimate of drug-likeness (QED) is 0.857. The molecule has 1 N–H and O–H groups in total. The van der Waals surface area contributed by atoms with Crippen LogP contribution in [-0.2, 0) is 6.54 Å². The molecule has 0 aliphatic heterocycles. The van der Waals surface area contributed by atoms with Crippen molar-refractivity contribution in [2.24, 2.45) is 5.92 Å². The molecule has 0 spiro atoms. The highest BCUT2D eigenvalue weighted by Gasteiger charge is 2.30. The van der Waals surface area contributed by atoms with Crippen molar-refractivity contribution in [1.82, 2.24) is 10.3 Å². The van der Waals surface area contributed by atoms with E-state index in [0.29, 0.717) is 0 Å². The fourth-order valence-corrected chi connectivity index (χ4v) is 3.75. The molecule has 0 saturated heterocycles. The van der Waals surface area contributed by atoms with Gasteiger partial charge in [0.2, 0.25) is 0 Å². The molecular formula is C14H23N3S. The first-order chi connectivity index (χ1) is 8.78. The lowest BCUT2D eigenvalue weighted by Gasteiger charge is -2.29. The predicted octanol–water partition coefficient (Wildman–Crippen LogP) is 2.98. The third-order valence-corrected chi connectivity index (χ3v) is 5.29. The second kappa shape index (κ2) is 5.17. The van der Waals surface area contributed by atoms with Crippen LogP contribution in [0.1, 0.15) is 48.6 Å². The summed E-state index contributed by atoms with van der Waals surface area (Å²) in [6.45, 7) is 2.16. The summed E-state index contributed by atoms with van der Waals surface area (Å²) in [5, 5.41) is 4.50. The van der Waals surface area contributed by atoms with Crippen molar-refractivity contribution in [2.75, 3.05) is 25.5 Å². The van der Waals surface area contributed by atoms with Crippen LogP contribution in [0.15, 0.2) is 0 Å². The smallest absolute Gasteiger partial charge is 0.185 e. The van der Waals surface area contributed by atoms with Gasteiger partial charge in [-0.15, -0.1) is 11.3 Å². The SMILES string of the molecule is CNCc1sc(N(C)CC2CCC2)nc1C1CC1. The Labute approximate surface area is 114 Å². The molecule has 3 nitrogen and oxygen atoms in total. The molecule has 0 aromatic carbocycles. The summed E-state index contributed by atoms with van der Waals surface area (Å²) in [6.07, 6.45) is 6.93. The minimum Gasteiger partial charge on any atom is -0.351 e. The Morgan fingerprint density at radius 3 is 2.67 bits per heavy atom. The highest BCUT2D eigenvalue weighted by Crippen LogP contribution is 2.44. The number of rotatable bonds is 6. The molecule has 0 bridgehead atoms. The lowest BCUT2D eigenvalue weighted by Crippen LogP contribution is -2.29. The summed E-state index contributed by atoms with van der Waals surface area (Å²) >= 11 is 1.89. The van der Waals surface area contributed by atoms with Gasteiger partial charge in [0.25, 0.3) is 0 Å². The van der Waals surface area contributed by atoms with Crippen LogP contribution in [0.4, 0.5) is 5.13 Å². The maximum Gasteiger partial charge on any atom is 0.185 e. The van der Waals surface area contributed by atoms with Gasteiger partial charge in [-0.1, -0.05) is 6.42 Å². The number of nitrogens with zero attached hydrogens (tertiary/aromatic N) is 2. The van der Waals surface area contributed by atoms with Crippen molar-refractivity contribution in [3.05, 3.63) is 10.6 Å². The molecule has 100 valence electrons. The Morgan fingerprint density at radius 2 is 2.11 bits per heavy atom. The Morgan fingerprint density at radius 1 is 1.33 bits per heavy atom. The van der Waals surface area contributed by atoms with E-state index in [1.54, 1.807) is 0 Å². The standard InChI is InChI=1S/C14H23N3S/c1-15-8-12-13(11-6-7-11)16-14(18-12)17(2)9-10-4-3-5-10/h10-11,15H,3-9H2,1-2H3. The summed E-state index contributed by atoms with van der Waals surface area (Å²) in [5.41, 5.74) is 1.38. The van der Waals surface area contributed by atoms with Gasteiger partial charge in [0, 0.05) is 30.9 Å². The molecule has 1 heterocycles. The van der Waals surface area contributed by atoms with E-state index in [4.69, 9.17) is 4.98 Å². The molecule has 3 rings (SSSR count). The zero-order chi connectivity index (χ0) is 12.5. The first kappa shape index (κ1) is 12.4. The fraction of sp³-hybridized carbons (Fsp3) is 0.786. The lowest BCUT2D eigenvalue weighted by atomic mass is 9.85. The molecule has 18 heavy (non-hydrogen) atoms. The van der Waals surface area contributed by atoms with Crippen LogP contribution in [0.25, 0.3) is 0 Å². The lowest BCUT2D eigenvalue weighted by molar-refractivity contribution is 0.321. The summed E-state index contributed by atoms with van der Waals surface area (Å²) in [4.78, 5) is 8.74. The molecule has 0 atom stereocenters. The van der Waals surface area contributed by atoms with E-state index in [-0.39, 0.29) is 0 Å². The average Bonchev–Trinajstić information content (AvgIpc) is 3.06. The van der Waals surface area contributed by atoms with Gasteiger partial charge in [0.05, 0.1) is 5.69 Å². The maximum absolute atomic E-state index is 4.91. The van der Waals surface area contributed by atoms with Crippen LogP contribution in [0.2, 0.25) is 0 Å². The minimum absolute atomic E-state index is 0.760. The zero-order valence-corrected chi connectivity index (χ0v) is 12.2. The number of hydrogen-bond acceptors (Lipinski definition) is 4. The van der Waals surface area contributed by atoms with Crippen molar-refractivity contribution in [1.29, 1.82) is 0 Å². The van der Waals surface area contributed by atoms with Crippen molar-refractivity contribution >= 4 is 16.5 Å². The van der Waals surface area contributed by atoms with E-state index in [1.807, 2.05) is 18.4 Å². The number of nitrogens with one attached hydrogen (secondary N) is 1. The second-order valence-electron chi connectivity index (χ2n) is 5.79. The number of hydrogen-bond donors (Lipinski definition) is 1. The summed E-state index contributed by atoms with van der Waals surface area (Å²) in [6, 6.07) is 0. The molecule has 1 aromatic rings. The molecule has 2 aliphatic rings. The molecule has 4 heteroatoms.